The number of nitrogens with zero attached hydrogens (tertiary/aromatic N) is 1. The maximum absolute atomic E-state index is 14.4. The molecule has 0 aliphatic carbocycles. The van der Waals surface area contributed by atoms with Crippen molar-refractivity contribution in [2.75, 3.05) is 12.5 Å². The highest BCUT2D eigenvalue weighted by atomic mass is 35.5. The van der Waals surface area contributed by atoms with Crippen LogP contribution in [0.3, 0.4) is 0 Å². The van der Waals surface area contributed by atoms with Crippen molar-refractivity contribution in [2.24, 2.45) is 0 Å². The molecule has 23 heavy (non-hydrogen) atoms. The Labute approximate surface area is 139 Å². The third-order valence-corrected chi connectivity index (χ3v) is 3.95. The summed E-state index contributed by atoms with van der Waals surface area (Å²) in [5, 5.41) is 18.7. The average molecular weight is 334 g/mol. The highest BCUT2D eigenvalue weighted by Gasteiger charge is 2.26. The number of halogens is 2. The van der Waals surface area contributed by atoms with Gasteiger partial charge in [-0.05, 0) is 35.4 Å². The molecule has 0 aliphatic heterocycles. The third-order valence-electron chi connectivity index (χ3n) is 3.80. The third kappa shape index (κ3) is 3.57. The van der Waals surface area contributed by atoms with Crippen LogP contribution in [0.15, 0.2) is 36.4 Å². The first-order valence-electron chi connectivity index (χ1n) is 7.12. The minimum atomic E-state index is -0.587. The molecule has 0 spiro atoms. The van der Waals surface area contributed by atoms with Crippen LogP contribution in [0.4, 0.5) is 4.39 Å². The van der Waals surface area contributed by atoms with E-state index in [2.05, 4.69) is 0 Å². The lowest BCUT2D eigenvalue weighted by molar-refractivity contribution is 0.322. The molecule has 2 rings (SSSR count). The summed E-state index contributed by atoms with van der Waals surface area (Å²) >= 11 is 5.55. The average Bonchev–Trinajstić information content (AvgIpc) is 2.53. The fourth-order valence-corrected chi connectivity index (χ4v) is 2.45. The lowest BCUT2D eigenvalue weighted by atomic mass is 9.77. The van der Waals surface area contributed by atoms with Gasteiger partial charge in [-0.15, -0.1) is 11.6 Å². The Hall–Kier alpha value is -2.25. The summed E-state index contributed by atoms with van der Waals surface area (Å²) in [6, 6.07) is 11.7. The Balaban J connectivity index is 2.49. The van der Waals surface area contributed by atoms with E-state index in [1.165, 1.54) is 6.07 Å². The molecule has 0 saturated heterocycles. The fourth-order valence-electron chi connectivity index (χ4n) is 2.37. The zero-order valence-corrected chi connectivity index (χ0v) is 13.7. The van der Waals surface area contributed by atoms with Crippen molar-refractivity contribution in [2.45, 2.75) is 19.3 Å². The largest absolute Gasteiger partial charge is 0.508 e. The van der Waals surface area contributed by atoms with Crippen molar-refractivity contribution in [3.63, 3.8) is 0 Å². The van der Waals surface area contributed by atoms with Crippen LogP contribution in [0.5, 0.6) is 11.5 Å². The van der Waals surface area contributed by atoms with Gasteiger partial charge in [0.1, 0.15) is 18.4 Å². The molecule has 3 nitrogen and oxygen atoms in total. The predicted octanol–water partition coefficient (Wildman–Crippen LogP) is 4.35. The van der Waals surface area contributed by atoms with Crippen molar-refractivity contribution in [3.05, 3.63) is 58.9 Å². The minimum Gasteiger partial charge on any atom is -0.508 e. The molecule has 0 amide bonds. The van der Waals surface area contributed by atoms with Gasteiger partial charge in [0.05, 0.1) is 11.4 Å². The van der Waals surface area contributed by atoms with Crippen LogP contribution in [0, 0.1) is 17.1 Å². The van der Waals surface area contributed by atoms with Gasteiger partial charge in [-0.25, -0.2) is 4.39 Å². The molecule has 0 unspecified atom stereocenters. The molecule has 2 aromatic rings. The van der Waals surface area contributed by atoms with E-state index in [9.17, 15) is 14.8 Å². The first kappa shape index (κ1) is 17.1. The SMILES string of the molecule is CC(C)(c1ccc(O)cc1)c1cc(F)c(OCCCl)c(C#N)c1. The van der Waals surface area contributed by atoms with E-state index in [-0.39, 0.29) is 29.5 Å². The van der Waals surface area contributed by atoms with Gasteiger partial charge >= 0.3 is 0 Å². The monoisotopic (exact) mass is 333 g/mol. The van der Waals surface area contributed by atoms with E-state index in [0.29, 0.717) is 5.56 Å². The second-order valence-electron chi connectivity index (χ2n) is 5.66. The van der Waals surface area contributed by atoms with Crippen molar-refractivity contribution in [1.82, 2.24) is 0 Å². The van der Waals surface area contributed by atoms with Crippen molar-refractivity contribution >= 4 is 11.6 Å². The van der Waals surface area contributed by atoms with Crippen molar-refractivity contribution < 1.29 is 14.2 Å². The molecule has 0 bridgehead atoms. The highest BCUT2D eigenvalue weighted by molar-refractivity contribution is 6.18. The molecule has 5 heteroatoms. The van der Waals surface area contributed by atoms with Gasteiger partial charge in [0, 0.05) is 5.41 Å². The van der Waals surface area contributed by atoms with Gasteiger partial charge in [-0.3, -0.25) is 0 Å². The second-order valence-corrected chi connectivity index (χ2v) is 6.03. The number of benzene rings is 2. The molecule has 1 N–H and O–H groups in total. The van der Waals surface area contributed by atoms with Crippen molar-refractivity contribution in [1.29, 1.82) is 5.26 Å². The standard InChI is InChI=1S/C18H17ClFNO2/c1-18(2,13-3-5-15(22)6-4-13)14-9-12(11-21)17(16(20)10-14)23-8-7-19/h3-6,9-10,22H,7-8H2,1-2H3. The van der Waals surface area contributed by atoms with Crippen LogP contribution in [-0.4, -0.2) is 17.6 Å². The molecule has 0 aliphatic rings. The summed E-state index contributed by atoms with van der Waals surface area (Å²) < 4.78 is 19.6. The number of aromatic hydroxyl groups is 1. The summed E-state index contributed by atoms with van der Waals surface area (Å²) in [5.41, 5.74) is 1.14. The lowest BCUT2D eigenvalue weighted by Gasteiger charge is -2.27. The summed E-state index contributed by atoms with van der Waals surface area (Å²) in [7, 11) is 0. The minimum absolute atomic E-state index is 0.0709. The van der Waals surface area contributed by atoms with Gasteiger partial charge in [0.15, 0.2) is 11.6 Å². The maximum atomic E-state index is 14.4. The fraction of sp³-hybridized carbons (Fsp3) is 0.278. The van der Waals surface area contributed by atoms with Crippen LogP contribution in [-0.2, 0) is 5.41 Å². The number of hydrogen-bond donors (Lipinski definition) is 1. The van der Waals surface area contributed by atoms with Gasteiger partial charge in [-0.1, -0.05) is 26.0 Å². The molecule has 0 aromatic heterocycles. The molecule has 0 fully saturated rings. The Kier molecular flexibility index (Phi) is 5.12. The van der Waals surface area contributed by atoms with E-state index in [0.717, 1.165) is 5.56 Å². The Morgan fingerprint density at radius 1 is 1.22 bits per heavy atom. The smallest absolute Gasteiger partial charge is 0.172 e. The zero-order chi connectivity index (χ0) is 17.0. The first-order valence-corrected chi connectivity index (χ1v) is 7.66. The van der Waals surface area contributed by atoms with Gasteiger partial charge in [-0.2, -0.15) is 5.26 Å². The van der Waals surface area contributed by atoms with E-state index in [1.807, 2.05) is 19.9 Å². The number of hydrogen-bond acceptors (Lipinski definition) is 3. The number of phenols is 1. The second kappa shape index (κ2) is 6.89. The molecule has 120 valence electrons. The lowest BCUT2D eigenvalue weighted by Crippen LogP contribution is -2.19. The van der Waals surface area contributed by atoms with Crippen LogP contribution in [0.2, 0.25) is 0 Å². The molecular weight excluding hydrogens is 317 g/mol. The number of phenolic OH excluding ortho intramolecular Hbond substituents is 1. The predicted molar refractivity (Wildman–Crippen MR) is 87.6 cm³/mol. The van der Waals surface area contributed by atoms with Gasteiger partial charge < -0.3 is 9.84 Å². The molecule has 0 radical (unpaired) electrons. The Morgan fingerprint density at radius 3 is 2.43 bits per heavy atom. The molecule has 2 aromatic carbocycles. The zero-order valence-electron chi connectivity index (χ0n) is 12.9. The molecule has 0 saturated carbocycles. The van der Waals surface area contributed by atoms with E-state index < -0.39 is 11.2 Å². The summed E-state index contributed by atoms with van der Waals surface area (Å²) in [6.45, 7) is 3.98. The van der Waals surface area contributed by atoms with Crippen molar-refractivity contribution in [3.8, 4) is 17.6 Å². The van der Waals surface area contributed by atoms with Crippen LogP contribution >= 0.6 is 11.6 Å². The van der Waals surface area contributed by atoms with Gasteiger partial charge in [0.25, 0.3) is 0 Å². The number of rotatable bonds is 5. The quantitative estimate of drug-likeness (QED) is 0.828. The van der Waals surface area contributed by atoms with Crippen LogP contribution < -0.4 is 4.74 Å². The van der Waals surface area contributed by atoms with E-state index in [1.54, 1.807) is 30.3 Å². The van der Waals surface area contributed by atoms with E-state index >= 15 is 0 Å². The number of nitriles is 1. The Bertz CT molecular complexity index is 736. The number of alkyl halides is 1. The normalized spacial score (nSPS) is 11.1. The first-order chi connectivity index (χ1) is 10.9. The molecular formula is C18H17ClFNO2. The number of ether oxygens (including phenoxy) is 1. The summed E-state index contributed by atoms with van der Waals surface area (Å²) in [4.78, 5) is 0. The molecule has 0 heterocycles. The van der Waals surface area contributed by atoms with Crippen LogP contribution in [0.1, 0.15) is 30.5 Å². The highest BCUT2D eigenvalue weighted by Crippen LogP contribution is 2.36. The summed E-state index contributed by atoms with van der Waals surface area (Å²) in [6.07, 6.45) is 0. The maximum Gasteiger partial charge on any atom is 0.172 e. The topological polar surface area (TPSA) is 53.2 Å². The molecule has 0 atom stereocenters. The van der Waals surface area contributed by atoms with E-state index in [4.69, 9.17) is 16.3 Å². The Morgan fingerprint density at radius 2 is 1.87 bits per heavy atom. The van der Waals surface area contributed by atoms with Gasteiger partial charge in [0.2, 0.25) is 0 Å². The van der Waals surface area contributed by atoms with Crippen LogP contribution in [0.25, 0.3) is 0 Å². The summed E-state index contributed by atoms with van der Waals surface area (Å²) in [5.74, 6) is -0.280.